The average molecular weight is 341 g/mol. The van der Waals surface area contributed by atoms with Crippen LogP contribution in [-0.4, -0.2) is 47.8 Å². The van der Waals surface area contributed by atoms with E-state index in [4.69, 9.17) is 5.10 Å². The lowest BCUT2D eigenvalue weighted by molar-refractivity contribution is -0.114. The first kappa shape index (κ1) is 17.6. The fraction of sp³-hybridized carbons (Fsp3) is 0.474. The SMILES string of the molecule is CC(=O)Nc1ccc(-c2nn(CCCN(C)C)c3c2CNCC3)cc1. The molecule has 1 aliphatic rings. The van der Waals surface area contributed by atoms with Crippen molar-refractivity contribution in [2.45, 2.75) is 32.9 Å². The van der Waals surface area contributed by atoms with Crippen molar-refractivity contribution >= 4 is 11.6 Å². The normalized spacial score (nSPS) is 13.8. The van der Waals surface area contributed by atoms with Gasteiger partial charge in [-0.2, -0.15) is 5.10 Å². The summed E-state index contributed by atoms with van der Waals surface area (Å²) in [6, 6.07) is 7.94. The van der Waals surface area contributed by atoms with E-state index in [0.717, 1.165) is 56.0 Å². The first-order chi connectivity index (χ1) is 12.0. The second-order valence-electron chi connectivity index (χ2n) is 6.84. The van der Waals surface area contributed by atoms with E-state index in [9.17, 15) is 4.79 Å². The van der Waals surface area contributed by atoms with Gasteiger partial charge in [0.25, 0.3) is 0 Å². The average Bonchev–Trinajstić information content (AvgIpc) is 2.94. The van der Waals surface area contributed by atoms with Crippen LogP contribution < -0.4 is 10.6 Å². The van der Waals surface area contributed by atoms with Crippen LogP contribution in [0.3, 0.4) is 0 Å². The van der Waals surface area contributed by atoms with E-state index < -0.39 is 0 Å². The number of carbonyl (C=O) groups is 1. The van der Waals surface area contributed by atoms with Crippen molar-refractivity contribution in [3.8, 4) is 11.3 Å². The van der Waals surface area contributed by atoms with Crippen molar-refractivity contribution in [1.82, 2.24) is 20.0 Å². The molecular formula is C19H27N5O. The monoisotopic (exact) mass is 341 g/mol. The van der Waals surface area contributed by atoms with Gasteiger partial charge in [0.05, 0.1) is 5.69 Å². The molecule has 0 atom stereocenters. The van der Waals surface area contributed by atoms with Crippen LogP contribution in [-0.2, 0) is 24.3 Å². The van der Waals surface area contributed by atoms with Gasteiger partial charge in [0.1, 0.15) is 0 Å². The number of anilines is 1. The highest BCUT2D eigenvalue weighted by atomic mass is 16.1. The number of amides is 1. The van der Waals surface area contributed by atoms with Gasteiger partial charge in [0.2, 0.25) is 5.91 Å². The minimum absolute atomic E-state index is 0.0560. The number of nitrogens with one attached hydrogen (secondary N) is 2. The molecule has 6 heteroatoms. The molecule has 3 rings (SSSR count). The van der Waals surface area contributed by atoms with Gasteiger partial charge in [-0.15, -0.1) is 0 Å². The molecule has 1 aromatic carbocycles. The molecule has 0 saturated carbocycles. The molecule has 25 heavy (non-hydrogen) atoms. The van der Waals surface area contributed by atoms with Gasteiger partial charge in [-0.05, 0) is 39.2 Å². The van der Waals surface area contributed by atoms with Crippen molar-refractivity contribution in [2.75, 3.05) is 32.5 Å². The van der Waals surface area contributed by atoms with Crippen LogP contribution in [0.4, 0.5) is 5.69 Å². The summed E-state index contributed by atoms with van der Waals surface area (Å²) in [6.45, 7) is 5.41. The summed E-state index contributed by atoms with van der Waals surface area (Å²) in [7, 11) is 4.20. The Morgan fingerprint density at radius 3 is 2.76 bits per heavy atom. The predicted molar refractivity (Wildman–Crippen MR) is 101 cm³/mol. The summed E-state index contributed by atoms with van der Waals surface area (Å²) >= 11 is 0. The Kier molecular flexibility index (Phi) is 5.50. The largest absolute Gasteiger partial charge is 0.326 e. The molecule has 2 heterocycles. The fourth-order valence-electron chi connectivity index (χ4n) is 3.29. The molecule has 0 radical (unpaired) electrons. The van der Waals surface area contributed by atoms with Crippen LogP contribution in [0.1, 0.15) is 24.6 Å². The molecule has 0 bridgehead atoms. The van der Waals surface area contributed by atoms with Crippen LogP contribution in [0, 0.1) is 0 Å². The first-order valence-electron chi connectivity index (χ1n) is 8.86. The number of rotatable bonds is 6. The lowest BCUT2D eigenvalue weighted by atomic mass is 10.0. The van der Waals surface area contributed by atoms with E-state index in [-0.39, 0.29) is 5.91 Å². The van der Waals surface area contributed by atoms with Gasteiger partial charge in [0, 0.05) is 55.5 Å². The standard InChI is InChI=1S/C19H27N5O/c1-14(25)21-16-7-5-15(6-8-16)19-17-13-20-10-9-18(17)24(22-19)12-4-11-23(2)3/h5-8,20H,4,9-13H2,1-3H3,(H,21,25). The van der Waals surface area contributed by atoms with Crippen molar-refractivity contribution in [2.24, 2.45) is 0 Å². The molecule has 1 aromatic heterocycles. The number of benzene rings is 1. The summed E-state index contributed by atoms with van der Waals surface area (Å²) in [6.07, 6.45) is 2.11. The third kappa shape index (κ3) is 4.27. The molecule has 1 aliphatic heterocycles. The number of carbonyl (C=O) groups excluding carboxylic acids is 1. The summed E-state index contributed by atoms with van der Waals surface area (Å²) in [5.74, 6) is -0.0560. The molecule has 0 spiro atoms. The summed E-state index contributed by atoms with van der Waals surface area (Å²) in [4.78, 5) is 13.4. The molecular weight excluding hydrogens is 314 g/mol. The van der Waals surface area contributed by atoms with Crippen molar-refractivity contribution in [3.05, 3.63) is 35.5 Å². The number of hydrogen-bond acceptors (Lipinski definition) is 4. The predicted octanol–water partition coefficient (Wildman–Crippen LogP) is 2.11. The number of fused-ring (bicyclic) bond motifs is 1. The molecule has 1 amide bonds. The molecule has 2 aromatic rings. The topological polar surface area (TPSA) is 62.2 Å². The number of hydrogen-bond donors (Lipinski definition) is 2. The number of aryl methyl sites for hydroxylation is 1. The van der Waals surface area contributed by atoms with E-state index in [1.807, 2.05) is 24.3 Å². The van der Waals surface area contributed by atoms with E-state index in [0.29, 0.717) is 0 Å². The second-order valence-corrected chi connectivity index (χ2v) is 6.84. The second kappa shape index (κ2) is 7.80. The van der Waals surface area contributed by atoms with Gasteiger partial charge in [-0.25, -0.2) is 0 Å². The highest BCUT2D eigenvalue weighted by Crippen LogP contribution is 2.28. The molecule has 134 valence electrons. The van der Waals surface area contributed by atoms with Crippen LogP contribution >= 0.6 is 0 Å². The van der Waals surface area contributed by atoms with Gasteiger partial charge in [0.15, 0.2) is 0 Å². The zero-order chi connectivity index (χ0) is 17.8. The Labute approximate surface area is 149 Å². The number of nitrogens with zero attached hydrogens (tertiary/aromatic N) is 3. The summed E-state index contributed by atoms with van der Waals surface area (Å²) < 4.78 is 2.19. The fourth-order valence-corrected chi connectivity index (χ4v) is 3.29. The van der Waals surface area contributed by atoms with Crippen LogP contribution in [0.15, 0.2) is 24.3 Å². The Hall–Kier alpha value is -2.18. The van der Waals surface area contributed by atoms with Crippen molar-refractivity contribution in [1.29, 1.82) is 0 Å². The zero-order valence-corrected chi connectivity index (χ0v) is 15.3. The van der Waals surface area contributed by atoms with E-state index in [1.165, 1.54) is 18.2 Å². The molecule has 0 unspecified atom stereocenters. The third-order valence-electron chi connectivity index (χ3n) is 4.46. The Balaban J connectivity index is 1.85. The highest BCUT2D eigenvalue weighted by molar-refractivity contribution is 5.89. The Bertz CT molecular complexity index is 733. The maximum atomic E-state index is 11.2. The molecule has 0 fully saturated rings. The minimum Gasteiger partial charge on any atom is -0.326 e. The van der Waals surface area contributed by atoms with Gasteiger partial charge in [-0.3, -0.25) is 9.48 Å². The summed E-state index contributed by atoms with van der Waals surface area (Å²) in [5.41, 5.74) is 5.64. The smallest absolute Gasteiger partial charge is 0.221 e. The van der Waals surface area contributed by atoms with Gasteiger partial charge in [-0.1, -0.05) is 12.1 Å². The van der Waals surface area contributed by atoms with E-state index in [2.05, 4.69) is 34.3 Å². The molecule has 2 N–H and O–H groups in total. The maximum Gasteiger partial charge on any atom is 0.221 e. The van der Waals surface area contributed by atoms with Gasteiger partial charge >= 0.3 is 0 Å². The third-order valence-corrected chi connectivity index (χ3v) is 4.46. The lowest BCUT2D eigenvalue weighted by Crippen LogP contribution is -2.25. The van der Waals surface area contributed by atoms with E-state index in [1.54, 1.807) is 0 Å². The minimum atomic E-state index is -0.0560. The lowest BCUT2D eigenvalue weighted by Gasteiger charge is -2.16. The van der Waals surface area contributed by atoms with Crippen LogP contribution in [0.25, 0.3) is 11.3 Å². The quantitative estimate of drug-likeness (QED) is 0.845. The van der Waals surface area contributed by atoms with E-state index >= 15 is 0 Å². The van der Waals surface area contributed by atoms with Crippen LogP contribution in [0.2, 0.25) is 0 Å². The Morgan fingerprint density at radius 2 is 2.08 bits per heavy atom. The highest BCUT2D eigenvalue weighted by Gasteiger charge is 2.21. The molecule has 0 saturated heterocycles. The Morgan fingerprint density at radius 1 is 1.32 bits per heavy atom. The van der Waals surface area contributed by atoms with Crippen LogP contribution in [0.5, 0.6) is 0 Å². The number of aromatic nitrogens is 2. The molecule has 0 aliphatic carbocycles. The first-order valence-corrected chi connectivity index (χ1v) is 8.86. The summed E-state index contributed by atoms with van der Waals surface area (Å²) in [5, 5.41) is 11.2. The maximum absolute atomic E-state index is 11.2. The van der Waals surface area contributed by atoms with Crippen molar-refractivity contribution < 1.29 is 4.79 Å². The zero-order valence-electron chi connectivity index (χ0n) is 15.3. The molecule has 6 nitrogen and oxygen atoms in total. The van der Waals surface area contributed by atoms with Gasteiger partial charge < -0.3 is 15.5 Å². The van der Waals surface area contributed by atoms with Crippen molar-refractivity contribution in [3.63, 3.8) is 0 Å².